The number of nitrogens with zero attached hydrogens (tertiary/aromatic N) is 1. The lowest BCUT2D eigenvalue weighted by atomic mass is 9.96. The zero-order valence-corrected chi connectivity index (χ0v) is 9.22. The summed E-state index contributed by atoms with van der Waals surface area (Å²) in [5, 5.41) is 7.12. The standard InChI is InChI=1S/C12H15N2O2/c1-16-12(15)14-11-10(7-8-13-11)9-5-3-2-4-6-9/h2-6,10-11H,7-8H2,1H3,(H,14,15)/t10-,11+/m1/s1. The monoisotopic (exact) mass is 219 g/mol. The van der Waals surface area contributed by atoms with Crippen LogP contribution in [0.1, 0.15) is 17.9 Å². The number of nitrogens with one attached hydrogen (secondary N) is 1. The van der Waals surface area contributed by atoms with E-state index in [1.165, 1.54) is 12.7 Å². The number of hydrogen-bond donors (Lipinski definition) is 1. The third-order valence-electron chi connectivity index (χ3n) is 2.83. The summed E-state index contributed by atoms with van der Waals surface area (Å²) in [6.07, 6.45) is 0.394. The summed E-state index contributed by atoms with van der Waals surface area (Å²) in [5.41, 5.74) is 1.21. The van der Waals surface area contributed by atoms with E-state index in [9.17, 15) is 4.79 Å². The van der Waals surface area contributed by atoms with Gasteiger partial charge in [-0.3, -0.25) is 0 Å². The Hall–Kier alpha value is -1.55. The lowest BCUT2D eigenvalue weighted by Crippen LogP contribution is -2.41. The number of methoxy groups -OCH3 is 1. The fourth-order valence-electron chi connectivity index (χ4n) is 2.01. The van der Waals surface area contributed by atoms with E-state index in [0.29, 0.717) is 0 Å². The first-order valence-corrected chi connectivity index (χ1v) is 5.37. The highest BCUT2D eigenvalue weighted by atomic mass is 16.5. The van der Waals surface area contributed by atoms with Crippen LogP contribution in [0.25, 0.3) is 0 Å². The number of carbonyl (C=O) groups excluding carboxylic acids is 1. The Labute approximate surface area is 95.0 Å². The number of amides is 1. The van der Waals surface area contributed by atoms with Gasteiger partial charge in [0.25, 0.3) is 0 Å². The zero-order valence-electron chi connectivity index (χ0n) is 9.22. The number of hydrogen-bond acceptors (Lipinski definition) is 2. The minimum atomic E-state index is -0.420. The molecule has 0 aliphatic carbocycles. The van der Waals surface area contributed by atoms with Gasteiger partial charge in [-0.1, -0.05) is 30.3 Å². The van der Waals surface area contributed by atoms with Gasteiger partial charge < -0.3 is 10.1 Å². The highest BCUT2D eigenvalue weighted by molar-refractivity contribution is 5.67. The number of alkyl carbamates (subject to hydrolysis) is 1. The van der Waals surface area contributed by atoms with Gasteiger partial charge in [0.2, 0.25) is 0 Å². The Balaban J connectivity index is 2.06. The molecule has 0 unspecified atom stereocenters. The molecule has 0 spiro atoms. The van der Waals surface area contributed by atoms with Gasteiger partial charge in [-0.25, -0.2) is 10.1 Å². The molecule has 1 aromatic rings. The molecule has 1 saturated heterocycles. The number of rotatable bonds is 2. The average Bonchev–Trinajstić information content (AvgIpc) is 2.78. The lowest BCUT2D eigenvalue weighted by Gasteiger charge is -2.19. The number of carbonyl (C=O) groups is 1. The Kier molecular flexibility index (Phi) is 3.41. The van der Waals surface area contributed by atoms with Crippen molar-refractivity contribution in [3.8, 4) is 0 Å². The van der Waals surface area contributed by atoms with Gasteiger partial charge in [0, 0.05) is 12.5 Å². The van der Waals surface area contributed by atoms with Crippen LogP contribution in [0.4, 0.5) is 4.79 Å². The molecule has 4 heteroatoms. The minimum absolute atomic E-state index is 0.158. The zero-order chi connectivity index (χ0) is 11.4. The maximum atomic E-state index is 11.2. The van der Waals surface area contributed by atoms with Crippen LogP contribution < -0.4 is 10.6 Å². The van der Waals surface area contributed by atoms with E-state index in [1.807, 2.05) is 18.2 Å². The van der Waals surface area contributed by atoms with Crippen molar-refractivity contribution < 1.29 is 9.53 Å². The van der Waals surface area contributed by atoms with Crippen molar-refractivity contribution in [1.82, 2.24) is 10.6 Å². The predicted molar refractivity (Wildman–Crippen MR) is 60.1 cm³/mol. The molecule has 0 aromatic heterocycles. The molecule has 1 aromatic carbocycles. The van der Waals surface area contributed by atoms with Crippen LogP contribution in [0.2, 0.25) is 0 Å². The van der Waals surface area contributed by atoms with Gasteiger partial charge in [-0.05, 0) is 12.0 Å². The molecule has 1 aliphatic heterocycles. The summed E-state index contributed by atoms with van der Waals surface area (Å²) < 4.78 is 4.59. The van der Waals surface area contributed by atoms with Crippen LogP contribution in [-0.2, 0) is 4.74 Å². The van der Waals surface area contributed by atoms with E-state index in [1.54, 1.807) is 0 Å². The van der Waals surface area contributed by atoms with Crippen LogP contribution in [0.3, 0.4) is 0 Å². The highest BCUT2D eigenvalue weighted by Crippen LogP contribution is 2.27. The largest absolute Gasteiger partial charge is 0.453 e. The summed E-state index contributed by atoms with van der Waals surface area (Å²) in [6, 6.07) is 10.1. The Morgan fingerprint density at radius 3 is 2.88 bits per heavy atom. The van der Waals surface area contributed by atoms with Gasteiger partial charge in [0.1, 0.15) is 6.17 Å². The van der Waals surface area contributed by atoms with Crippen molar-refractivity contribution in [2.75, 3.05) is 13.7 Å². The maximum absolute atomic E-state index is 11.2. The average molecular weight is 219 g/mol. The van der Waals surface area contributed by atoms with Crippen molar-refractivity contribution in [3.05, 3.63) is 35.9 Å². The molecule has 4 nitrogen and oxygen atoms in total. The fourth-order valence-corrected chi connectivity index (χ4v) is 2.01. The van der Waals surface area contributed by atoms with Crippen molar-refractivity contribution in [2.24, 2.45) is 0 Å². The van der Waals surface area contributed by atoms with Gasteiger partial charge in [-0.15, -0.1) is 0 Å². The first-order valence-electron chi connectivity index (χ1n) is 5.37. The molecule has 1 N–H and O–H groups in total. The molecule has 85 valence electrons. The first kappa shape index (κ1) is 11.0. The molecular weight excluding hydrogens is 204 g/mol. The first-order chi connectivity index (χ1) is 7.81. The molecule has 1 fully saturated rings. The second kappa shape index (κ2) is 4.99. The van der Waals surface area contributed by atoms with Crippen LogP contribution >= 0.6 is 0 Å². The minimum Gasteiger partial charge on any atom is -0.453 e. The Bertz CT molecular complexity index is 353. The van der Waals surface area contributed by atoms with Crippen LogP contribution in [-0.4, -0.2) is 25.9 Å². The van der Waals surface area contributed by atoms with E-state index in [2.05, 4.69) is 27.5 Å². The van der Waals surface area contributed by atoms with Gasteiger partial charge in [0.05, 0.1) is 7.11 Å². The van der Waals surface area contributed by atoms with E-state index in [0.717, 1.165) is 13.0 Å². The van der Waals surface area contributed by atoms with Crippen LogP contribution in [0.5, 0.6) is 0 Å². The maximum Gasteiger partial charge on any atom is 0.408 e. The molecule has 2 rings (SSSR count). The summed E-state index contributed by atoms with van der Waals surface area (Å²) in [5.74, 6) is 0.264. The van der Waals surface area contributed by atoms with Crippen LogP contribution in [0, 0.1) is 0 Å². The summed E-state index contributed by atoms with van der Waals surface area (Å²) in [4.78, 5) is 11.2. The van der Waals surface area contributed by atoms with E-state index in [4.69, 9.17) is 0 Å². The van der Waals surface area contributed by atoms with Crippen molar-refractivity contribution in [2.45, 2.75) is 18.5 Å². The molecular formula is C12H15N2O2. The highest BCUT2D eigenvalue weighted by Gasteiger charge is 2.30. The van der Waals surface area contributed by atoms with Crippen LogP contribution in [0.15, 0.2) is 30.3 Å². The Morgan fingerprint density at radius 2 is 2.19 bits per heavy atom. The van der Waals surface area contributed by atoms with Crippen molar-refractivity contribution >= 4 is 6.09 Å². The third-order valence-corrected chi connectivity index (χ3v) is 2.83. The second-order valence-electron chi connectivity index (χ2n) is 3.79. The molecule has 1 aliphatic rings. The fraction of sp³-hybridized carbons (Fsp3) is 0.417. The number of benzene rings is 1. The predicted octanol–water partition coefficient (Wildman–Crippen LogP) is 1.46. The van der Waals surface area contributed by atoms with E-state index >= 15 is 0 Å². The van der Waals surface area contributed by atoms with Gasteiger partial charge in [-0.2, -0.15) is 0 Å². The molecule has 16 heavy (non-hydrogen) atoms. The quantitative estimate of drug-likeness (QED) is 0.818. The molecule has 1 amide bonds. The van der Waals surface area contributed by atoms with Crippen molar-refractivity contribution in [1.29, 1.82) is 0 Å². The van der Waals surface area contributed by atoms with Gasteiger partial charge in [0.15, 0.2) is 0 Å². The van der Waals surface area contributed by atoms with E-state index < -0.39 is 6.09 Å². The molecule has 0 saturated carbocycles. The summed E-state index contributed by atoms with van der Waals surface area (Å²) >= 11 is 0. The SMILES string of the molecule is COC(=O)N[C@@H]1[N]CC[C@@H]1c1ccccc1. The normalized spacial score (nSPS) is 24.1. The molecule has 2 atom stereocenters. The smallest absolute Gasteiger partial charge is 0.408 e. The lowest BCUT2D eigenvalue weighted by molar-refractivity contribution is 0.164. The molecule has 1 radical (unpaired) electrons. The Morgan fingerprint density at radius 1 is 1.44 bits per heavy atom. The van der Waals surface area contributed by atoms with E-state index in [-0.39, 0.29) is 12.1 Å². The molecule has 1 heterocycles. The second-order valence-corrected chi connectivity index (χ2v) is 3.79. The number of ether oxygens (including phenoxy) is 1. The topological polar surface area (TPSA) is 52.4 Å². The summed E-state index contributed by atoms with van der Waals surface area (Å²) in [6.45, 7) is 0.786. The summed E-state index contributed by atoms with van der Waals surface area (Å²) in [7, 11) is 1.36. The van der Waals surface area contributed by atoms with Crippen molar-refractivity contribution in [3.63, 3.8) is 0 Å². The van der Waals surface area contributed by atoms with Gasteiger partial charge >= 0.3 is 6.09 Å². The molecule has 0 bridgehead atoms. The third kappa shape index (κ3) is 2.33.